The van der Waals surface area contributed by atoms with Crippen LogP contribution >= 0.6 is 24.8 Å². The van der Waals surface area contributed by atoms with E-state index in [1.165, 1.54) is 29.5 Å². The van der Waals surface area contributed by atoms with Crippen molar-refractivity contribution in [1.29, 1.82) is 0 Å². The fourth-order valence-electron chi connectivity index (χ4n) is 4.95. The lowest BCUT2D eigenvalue weighted by atomic mass is 9.72. The van der Waals surface area contributed by atoms with E-state index in [0.717, 1.165) is 45.6 Å². The van der Waals surface area contributed by atoms with Crippen molar-refractivity contribution in [2.24, 2.45) is 11.1 Å². The molecular formula is C25H35Cl2N3O. The molecule has 2 heterocycles. The van der Waals surface area contributed by atoms with Crippen LogP contribution in [0.1, 0.15) is 42.4 Å². The molecule has 0 saturated carbocycles. The number of likely N-dealkylation sites (tertiary alicyclic amines) is 2. The largest absolute Gasteiger partial charge is 0.338 e. The highest BCUT2D eigenvalue weighted by molar-refractivity contribution is 5.85. The summed E-state index contributed by atoms with van der Waals surface area (Å²) in [6.07, 6.45) is 5.08. The molecule has 2 aliphatic heterocycles. The number of nitrogens with zero attached hydrogens (tertiary/aromatic N) is 2. The molecule has 4 nitrogen and oxygen atoms in total. The summed E-state index contributed by atoms with van der Waals surface area (Å²) >= 11 is 0. The molecule has 0 unspecified atom stereocenters. The van der Waals surface area contributed by atoms with Gasteiger partial charge in [-0.25, -0.2) is 0 Å². The highest BCUT2D eigenvalue weighted by Gasteiger charge is 2.40. The third kappa shape index (κ3) is 6.69. The maximum Gasteiger partial charge on any atom is 0.222 e. The quantitative estimate of drug-likeness (QED) is 0.688. The molecule has 31 heavy (non-hydrogen) atoms. The highest BCUT2D eigenvalue weighted by atomic mass is 35.5. The van der Waals surface area contributed by atoms with E-state index in [2.05, 4.69) is 58.3 Å². The number of rotatable bonds is 6. The van der Waals surface area contributed by atoms with Crippen molar-refractivity contribution in [2.45, 2.75) is 45.2 Å². The number of piperidine rings is 2. The molecule has 0 bridgehead atoms. The fourth-order valence-corrected chi connectivity index (χ4v) is 4.95. The third-order valence-corrected chi connectivity index (χ3v) is 6.71. The first-order chi connectivity index (χ1) is 14.2. The van der Waals surface area contributed by atoms with Gasteiger partial charge >= 0.3 is 0 Å². The standard InChI is InChI=1S/C25H33N3O.2ClH/c26-14-10-21-7-4-8-23(17-21)18-27-15-12-25(13-16-27)11-9-24(29)28(20-25)19-22-5-2-1-3-6-22;;/h1-8,17H,9-16,18-20,26H2;2*1H. The average Bonchev–Trinajstić information content (AvgIpc) is 2.74. The van der Waals surface area contributed by atoms with Crippen molar-refractivity contribution in [1.82, 2.24) is 9.80 Å². The van der Waals surface area contributed by atoms with Crippen LogP contribution in [0.15, 0.2) is 54.6 Å². The molecule has 0 aliphatic carbocycles. The van der Waals surface area contributed by atoms with Crippen molar-refractivity contribution >= 4 is 30.7 Å². The molecule has 1 amide bonds. The van der Waals surface area contributed by atoms with E-state index >= 15 is 0 Å². The van der Waals surface area contributed by atoms with Crippen LogP contribution in [-0.4, -0.2) is 41.9 Å². The Bertz CT molecular complexity index is 823. The molecule has 2 saturated heterocycles. The molecule has 2 aliphatic rings. The second kappa shape index (κ2) is 11.9. The first kappa shape index (κ1) is 25.7. The molecule has 2 N–H and O–H groups in total. The van der Waals surface area contributed by atoms with Crippen molar-refractivity contribution in [3.05, 3.63) is 71.3 Å². The van der Waals surface area contributed by atoms with Gasteiger partial charge in [0.2, 0.25) is 5.91 Å². The Balaban J connectivity index is 0.00000171. The molecule has 0 atom stereocenters. The smallest absolute Gasteiger partial charge is 0.222 e. The van der Waals surface area contributed by atoms with Gasteiger partial charge in [0.05, 0.1) is 0 Å². The van der Waals surface area contributed by atoms with Gasteiger partial charge in [-0.3, -0.25) is 9.69 Å². The molecule has 0 radical (unpaired) electrons. The van der Waals surface area contributed by atoms with E-state index in [-0.39, 0.29) is 24.8 Å². The maximum absolute atomic E-state index is 12.5. The van der Waals surface area contributed by atoms with E-state index in [1.807, 2.05) is 6.07 Å². The first-order valence-corrected chi connectivity index (χ1v) is 11.0. The van der Waals surface area contributed by atoms with Crippen molar-refractivity contribution in [3.63, 3.8) is 0 Å². The minimum atomic E-state index is 0. The summed E-state index contributed by atoms with van der Waals surface area (Å²) < 4.78 is 0. The average molecular weight is 464 g/mol. The summed E-state index contributed by atoms with van der Waals surface area (Å²) in [7, 11) is 0. The zero-order valence-electron chi connectivity index (χ0n) is 18.2. The van der Waals surface area contributed by atoms with Gasteiger partial charge in [0, 0.05) is 26.1 Å². The Morgan fingerprint density at radius 1 is 0.839 bits per heavy atom. The number of amides is 1. The Labute approximate surface area is 199 Å². The second-order valence-corrected chi connectivity index (χ2v) is 8.87. The normalized spacial score (nSPS) is 18.4. The zero-order chi connectivity index (χ0) is 20.1. The molecule has 170 valence electrons. The number of hydrogen-bond donors (Lipinski definition) is 1. The second-order valence-electron chi connectivity index (χ2n) is 8.87. The lowest BCUT2D eigenvalue weighted by Gasteiger charge is -2.47. The molecule has 0 aromatic heterocycles. The van der Waals surface area contributed by atoms with Gasteiger partial charge in [0.15, 0.2) is 0 Å². The van der Waals surface area contributed by atoms with Gasteiger partial charge in [-0.2, -0.15) is 0 Å². The summed E-state index contributed by atoms with van der Waals surface area (Å²) in [5.74, 6) is 0.318. The van der Waals surface area contributed by atoms with Crippen LogP contribution in [0.3, 0.4) is 0 Å². The van der Waals surface area contributed by atoms with Crippen molar-refractivity contribution < 1.29 is 4.79 Å². The Hall–Kier alpha value is -1.59. The van der Waals surface area contributed by atoms with E-state index in [4.69, 9.17) is 5.73 Å². The minimum absolute atomic E-state index is 0. The Kier molecular flexibility index (Phi) is 9.83. The van der Waals surface area contributed by atoms with Crippen LogP contribution in [0.5, 0.6) is 0 Å². The van der Waals surface area contributed by atoms with Gasteiger partial charge in [0.1, 0.15) is 0 Å². The molecule has 1 spiro atoms. The SMILES string of the molecule is Cl.Cl.NCCc1cccc(CN2CCC3(CCC(=O)N(Cc4ccccc4)C3)CC2)c1. The van der Waals surface area contributed by atoms with E-state index < -0.39 is 0 Å². The number of halogens is 2. The predicted octanol–water partition coefficient (Wildman–Crippen LogP) is 4.44. The van der Waals surface area contributed by atoms with Crippen LogP contribution in [0.4, 0.5) is 0 Å². The number of carbonyl (C=O) groups is 1. The minimum Gasteiger partial charge on any atom is -0.338 e. The predicted molar refractivity (Wildman–Crippen MR) is 132 cm³/mol. The summed E-state index contributed by atoms with van der Waals surface area (Å²) in [5, 5.41) is 0. The van der Waals surface area contributed by atoms with Crippen LogP contribution in [0, 0.1) is 5.41 Å². The lowest BCUT2D eigenvalue weighted by Crippen LogP contribution is -2.51. The third-order valence-electron chi connectivity index (χ3n) is 6.71. The summed E-state index contributed by atoms with van der Waals surface area (Å²) in [6, 6.07) is 19.2. The fraction of sp³-hybridized carbons (Fsp3) is 0.480. The Morgan fingerprint density at radius 2 is 1.52 bits per heavy atom. The van der Waals surface area contributed by atoms with E-state index in [0.29, 0.717) is 24.3 Å². The topological polar surface area (TPSA) is 49.6 Å². The van der Waals surface area contributed by atoms with E-state index in [9.17, 15) is 4.79 Å². The Morgan fingerprint density at radius 3 is 2.23 bits per heavy atom. The van der Waals surface area contributed by atoms with Gasteiger partial charge in [-0.15, -0.1) is 24.8 Å². The van der Waals surface area contributed by atoms with Crippen molar-refractivity contribution in [2.75, 3.05) is 26.2 Å². The zero-order valence-corrected chi connectivity index (χ0v) is 19.8. The molecule has 2 aromatic rings. The van der Waals surface area contributed by atoms with Crippen LogP contribution in [0.2, 0.25) is 0 Å². The number of hydrogen-bond acceptors (Lipinski definition) is 3. The van der Waals surface area contributed by atoms with Crippen LogP contribution < -0.4 is 5.73 Å². The van der Waals surface area contributed by atoms with Gasteiger partial charge < -0.3 is 10.6 Å². The monoisotopic (exact) mass is 463 g/mol. The number of nitrogens with two attached hydrogens (primary N) is 1. The molecular weight excluding hydrogens is 429 g/mol. The summed E-state index contributed by atoms with van der Waals surface area (Å²) in [4.78, 5) is 17.2. The van der Waals surface area contributed by atoms with Crippen molar-refractivity contribution in [3.8, 4) is 0 Å². The molecule has 2 aromatic carbocycles. The number of carbonyl (C=O) groups excluding carboxylic acids is 1. The first-order valence-electron chi connectivity index (χ1n) is 11.0. The van der Waals surface area contributed by atoms with E-state index in [1.54, 1.807) is 0 Å². The van der Waals surface area contributed by atoms with Gasteiger partial charge in [-0.05, 0) is 67.4 Å². The lowest BCUT2D eigenvalue weighted by molar-refractivity contribution is -0.140. The maximum atomic E-state index is 12.5. The van der Waals surface area contributed by atoms with Crippen LogP contribution in [0.25, 0.3) is 0 Å². The highest BCUT2D eigenvalue weighted by Crippen LogP contribution is 2.40. The summed E-state index contributed by atoms with van der Waals surface area (Å²) in [5.41, 5.74) is 9.96. The molecule has 2 fully saturated rings. The number of benzene rings is 2. The van der Waals surface area contributed by atoms with Gasteiger partial charge in [-0.1, -0.05) is 54.6 Å². The summed E-state index contributed by atoms with van der Waals surface area (Å²) in [6.45, 7) is 5.62. The van der Waals surface area contributed by atoms with Crippen LogP contribution in [-0.2, 0) is 24.3 Å². The molecule has 6 heteroatoms. The van der Waals surface area contributed by atoms with Gasteiger partial charge in [0.25, 0.3) is 0 Å². The molecule has 4 rings (SSSR count).